The highest BCUT2D eigenvalue weighted by Gasteiger charge is 2.49. The molecule has 0 radical (unpaired) electrons. The Labute approximate surface area is 164 Å². The molecule has 2 fully saturated rings. The predicted octanol–water partition coefficient (Wildman–Crippen LogP) is 4.32. The van der Waals surface area contributed by atoms with Gasteiger partial charge in [0.25, 0.3) is 0 Å². The van der Waals surface area contributed by atoms with Crippen LogP contribution in [0, 0.1) is 0 Å². The molecular weight excluding hydrogens is 404 g/mol. The van der Waals surface area contributed by atoms with E-state index in [1.54, 1.807) is 0 Å². The van der Waals surface area contributed by atoms with E-state index < -0.39 is 29.8 Å². The van der Waals surface area contributed by atoms with Crippen molar-refractivity contribution in [3.8, 4) is 5.88 Å². The van der Waals surface area contributed by atoms with Gasteiger partial charge in [0.1, 0.15) is 6.61 Å². The van der Waals surface area contributed by atoms with Gasteiger partial charge in [0, 0.05) is 17.6 Å². The van der Waals surface area contributed by atoms with E-state index in [1.165, 1.54) is 0 Å². The normalized spacial score (nSPS) is 25.6. The van der Waals surface area contributed by atoms with Gasteiger partial charge in [0.2, 0.25) is 11.7 Å². The molecule has 11 heteroatoms. The molecule has 2 aliphatic heterocycles. The third kappa shape index (κ3) is 4.93. The smallest absolute Gasteiger partial charge is 0.451 e. The summed E-state index contributed by atoms with van der Waals surface area (Å²) in [7, 11) is 0. The van der Waals surface area contributed by atoms with Gasteiger partial charge in [-0.05, 0) is 46.1 Å². The highest BCUT2D eigenvalue weighted by Crippen LogP contribution is 2.43. The number of hydrogen-bond acceptors (Lipinski definition) is 5. The zero-order chi connectivity index (χ0) is 21.4. The highest BCUT2D eigenvalue weighted by atomic mass is 19.4. The second-order valence-corrected chi connectivity index (χ2v) is 7.80. The van der Waals surface area contributed by atoms with Crippen LogP contribution >= 0.6 is 0 Å². The van der Waals surface area contributed by atoms with Crippen LogP contribution in [0.15, 0.2) is 6.07 Å². The van der Waals surface area contributed by atoms with Crippen LogP contribution in [0.2, 0.25) is 0 Å². The topological polar surface area (TPSA) is 47.5 Å². The van der Waals surface area contributed by atoms with Crippen LogP contribution in [0.5, 0.6) is 5.88 Å². The molecule has 2 saturated heterocycles. The monoisotopic (exact) mass is 427 g/mol. The molecule has 1 aromatic heterocycles. The molecule has 3 rings (SSSR count). The number of alkyl halides is 6. The lowest BCUT2D eigenvalue weighted by atomic mass is 9.95. The highest BCUT2D eigenvalue weighted by molar-refractivity contribution is 5.20. The van der Waals surface area contributed by atoms with Crippen molar-refractivity contribution in [1.82, 2.24) is 14.9 Å². The van der Waals surface area contributed by atoms with Gasteiger partial charge in [0.05, 0.1) is 12.7 Å². The summed E-state index contributed by atoms with van der Waals surface area (Å²) in [5.74, 6) is -2.59. The number of ether oxygens (including phenoxy) is 2. The van der Waals surface area contributed by atoms with E-state index in [2.05, 4.69) is 14.9 Å². The minimum absolute atomic E-state index is 0.0466. The molecule has 0 saturated carbocycles. The van der Waals surface area contributed by atoms with Gasteiger partial charge in [-0.1, -0.05) is 0 Å². The van der Waals surface area contributed by atoms with Crippen molar-refractivity contribution in [2.45, 2.75) is 69.6 Å². The fourth-order valence-corrected chi connectivity index (χ4v) is 4.06. The third-order valence-electron chi connectivity index (χ3n) is 5.39. The number of aromatic nitrogens is 2. The van der Waals surface area contributed by atoms with Crippen LogP contribution < -0.4 is 4.74 Å². The van der Waals surface area contributed by atoms with Gasteiger partial charge >= 0.3 is 12.4 Å². The summed E-state index contributed by atoms with van der Waals surface area (Å²) < 4.78 is 88.5. The van der Waals surface area contributed by atoms with Crippen LogP contribution in [0.1, 0.15) is 51.0 Å². The SMILES string of the molecule is CC(C)OC[C@@]12CCCN1[C@H](COc1cc(C(F)(F)F)nc(C(F)(F)F)n1)CC2. The largest absolute Gasteiger partial charge is 0.476 e. The molecule has 0 aliphatic carbocycles. The molecule has 0 spiro atoms. The van der Waals surface area contributed by atoms with E-state index in [4.69, 9.17) is 9.47 Å². The Morgan fingerprint density at radius 2 is 1.86 bits per heavy atom. The third-order valence-corrected chi connectivity index (χ3v) is 5.39. The number of rotatable bonds is 6. The Hall–Kier alpha value is -1.62. The molecule has 1 aromatic rings. The average Bonchev–Trinajstić information content (AvgIpc) is 3.16. The van der Waals surface area contributed by atoms with Crippen LogP contribution in [0.25, 0.3) is 0 Å². The minimum Gasteiger partial charge on any atom is -0.476 e. The molecule has 0 aromatic carbocycles. The lowest BCUT2D eigenvalue weighted by Gasteiger charge is -2.35. The molecule has 0 unspecified atom stereocenters. The van der Waals surface area contributed by atoms with E-state index in [-0.39, 0.29) is 24.3 Å². The van der Waals surface area contributed by atoms with Crippen molar-refractivity contribution in [2.75, 3.05) is 19.8 Å². The molecule has 164 valence electrons. The molecule has 2 aliphatic rings. The van der Waals surface area contributed by atoms with E-state index in [0.717, 1.165) is 32.2 Å². The first-order valence-electron chi connectivity index (χ1n) is 9.45. The molecule has 0 amide bonds. The van der Waals surface area contributed by atoms with E-state index in [1.807, 2.05) is 13.8 Å². The van der Waals surface area contributed by atoms with Gasteiger partial charge in [-0.3, -0.25) is 4.90 Å². The molecule has 0 bridgehead atoms. The first-order valence-corrected chi connectivity index (χ1v) is 9.45. The first kappa shape index (κ1) is 22.1. The number of halogens is 6. The minimum atomic E-state index is -5.11. The Morgan fingerprint density at radius 1 is 1.14 bits per heavy atom. The van der Waals surface area contributed by atoms with Gasteiger partial charge in [-0.2, -0.15) is 31.3 Å². The summed E-state index contributed by atoms with van der Waals surface area (Å²) in [6.45, 7) is 5.18. The van der Waals surface area contributed by atoms with E-state index in [9.17, 15) is 26.3 Å². The predicted molar refractivity (Wildman–Crippen MR) is 90.3 cm³/mol. The van der Waals surface area contributed by atoms with Crippen LogP contribution in [0.4, 0.5) is 26.3 Å². The summed E-state index contributed by atoms with van der Waals surface area (Å²) in [6.07, 6.45) is -6.59. The van der Waals surface area contributed by atoms with E-state index >= 15 is 0 Å². The van der Waals surface area contributed by atoms with E-state index in [0.29, 0.717) is 12.7 Å². The van der Waals surface area contributed by atoms with Gasteiger partial charge in [-0.25, -0.2) is 4.98 Å². The molecule has 5 nitrogen and oxygen atoms in total. The standard InChI is InChI=1S/C18H23F6N3O2/c1-11(2)29-10-16-5-3-7-27(16)12(4-6-16)9-28-14-8-13(17(19,20)21)25-15(26-14)18(22,23)24/h8,11-12H,3-7,9-10H2,1-2H3/t12-,16-/m0/s1. The maximum atomic E-state index is 12.9. The fraction of sp³-hybridized carbons (Fsp3) is 0.778. The Balaban J connectivity index is 1.73. The number of hydrogen-bond donors (Lipinski definition) is 0. The van der Waals surface area contributed by atoms with Gasteiger partial charge in [0.15, 0.2) is 5.69 Å². The Bertz CT molecular complexity index is 692. The van der Waals surface area contributed by atoms with Crippen LogP contribution in [-0.2, 0) is 17.1 Å². The van der Waals surface area contributed by atoms with Gasteiger partial charge in [-0.15, -0.1) is 0 Å². The first-order chi connectivity index (χ1) is 13.4. The second kappa shape index (κ2) is 7.90. The quantitative estimate of drug-likeness (QED) is 0.633. The van der Waals surface area contributed by atoms with Crippen LogP contribution in [-0.4, -0.2) is 52.3 Å². The Morgan fingerprint density at radius 3 is 2.48 bits per heavy atom. The molecule has 29 heavy (non-hydrogen) atoms. The molecular formula is C18H23F6N3O2. The lowest BCUT2D eigenvalue weighted by Crippen LogP contribution is -2.47. The summed E-state index contributed by atoms with van der Waals surface area (Å²) in [5, 5.41) is 0. The van der Waals surface area contributed by atoms with Crippen molar-refractivity contribution in [1.29, 1.82) is 0 Å². The van der Waals surface area contributed by atoms with Crippen LogP contribution in [0.3, 0.4) is 0 Å². The van der Waals surface area contributed by atoms with Crippen molar-refractivity contribution in [2.24, 2.45) is 0 Å². The van der Waals surface area contributed by atoms with Crippen molar-refractivity contribution < 1.29 is 35.8 Å². The molecule has 2 atom stereocenters. The van der Waals surface area contributed by atoms with Crippen molar-refractivity contribution >= 4 is 0 Å². The van der Waals surface area contributed by atoms with Crippen molar-refractivity contribution in [3.63, 3.8) is 0 Å². The zero-order valence-corrected chi connectivity index (χ0v) is 16.1. The average molecular weight is 427 g/mol. The summed E-state index contributed by atoms with van der Waals surface area (Å²) in [5.41, 5.74) is -1.82. The summed E-state index contributed by atoms with van der Waals surface area (Å²) >= 11 is 0. The summed E-state index contributed by atoms with van der Waals surface area (Å²) in [4.78, 5) is 7.95. The van der Waals surface area contributed by atoms with Gasteiger partial charge < -0.3 is 9.47 Å². The maximum Gasteiger partial charge on any atom is 0.451 e. The number of fused-ring (bicyclic) bond motifs is 1. The molecule has 0 N–H and O–H groups in total. The summed E-state index contributed by atoms with van der Waals surface area (Å²) in [6, 6.07) is 0.287. The maximum absolute atomic E-state index is 12.9. The second-order valence-electron chi connectivity index (χ2n) is 7.80. The molecule has 3 heterocycles. The number of nitrogens with zero attached hydrogens (tertiary/aromatic N) is 3. The van der Waals surface area contributed by atoms with Crippen molar-refractivity contribution in [3.05, 3.63) is 17.6 Å². The lowest BCUT2D eigenvalue weighted by molar-refractivity contribution is -0.153. The Kier molecular flexibility index (Phi) is 6.01. The fourth-order valence-electron chi connectivity index (χ4n) is 4.06. The zero-order valence-electron chi connectivity index (χ0n) is 16.1.